The number of nitrogens with zero attached hydrogens (tertiary/aromatic N) is 8. The van der Waals surface area contributed by atoms with E-state index in [1.165, 1.54) is 67.2 Å². The minimum atomic E-state index is -1.42. The molecule has 9 aromatic rings. The summed E-state index contributed by atoms with van der Waals surface area (Å²) in [6, 6.07) is 11.9. The van der Waals surface area contributed by atoms with Crippen molar-refractivity contribution in [2.45, 2.75) is 63.1 Å². The molecule has 0 radical (unpaired) electrons. The SMILES string of the molecule is Cc1sc2nc1C(=O)N[C@@H]([C@H](O)c1ccccc1)c1nc(cs1)C(=O)N[C@@H](Cc1ccc(O)c(N)c1)C(=O)N1C[C@H](O)[C@H](C)[C@H]1c1nc(cs1)-c1nc(cs1)-c1nc(-c3nc(C(N)=O)cs3)ccc1-c1nc(cs1)C(=O)N[C@H]2CC(N)=O. The number of benzene rings is 2. The highest BCUT2D eigenvalue weighted by atomic mass is 32.1. The number of aryl methyl sites for hydroxylation is 1. The summed E-state index contributed by atoms with van der Waals surface area (Å²) in [5.74, 6) is -4.98. The van der Waals surface area contributed by atoms with Gasteiger partial charge in [0.05, 0.1) is 36.0 Å². The first-order valence-electron chi connectivity index (χ1n) is 24.9. The Labute approximate surface area is 489 Å². The van der Waals surface area contributed by atoms with Crippen molar-refractivity contribution in [3.8, 4) is 49.1 Å². The number of nitrogens with two attached hydrogens (primary N) is 3. The second-order valence-electron chi connectivity index (χ2n) is 19.2. The lowest BCUT2D eigenvalue weighted by atomic mass is 10.00. The number of amides is 6. The first-order valence-corrected chi connectivity index (χ1v) is 30.2. The van der Waals surface area contributed by atoms with E-state index in [4.69, 9.17) is 37.1 Å². The third-order valence-corrected chi connectivity index (χ3v) is 19.2. The fraction of sp³-hybridized carbons (Fsp3) is 0.226. The number of anilines is 1. The van der Waals surface area contributed by atoms with E-state index in [0.717, 1.165) is 34.0 Å². The van der Waals surface area contributed by atoms with Gasteiger partial charge in [0.2, 0.25) is 11.8 Å². The summed E-state index contributed by atoms with van der Waals surface area (Å²) < 4.78 is 0. The molecular weight excluding hydrogens is 1170 g/mol. The summed E-state index contributed by atoms with van der Waals surface area (Å²) in [5.41, 5.74) is 20.2. The molecule has 2 aliphatic heterocycles. The maximum atomic E-state index is 15.2. The van der Waals surface area contributed by atoms with Crippen LogP contribution < -0.4 is 33.2 Å². The van der Waals surface area contributed by atoms with Crippen molar-refractivity contribution in [2.24, 2.45) is 17.4 Å². The molecule has 82 heavy (non-hydrogen) atoms. The van der Waals surface area contributed by atoms with E-state index in [0.29, 0.717) is 64.4 Å². The molecule has 6 amide bonds. The Morgan fingerprint density at radius 3 is 2.10 bits per heavy atom. The fourth-order valence-corrected chi connectivity index (χ4v) is 14.7. The molecule has 1 fully saturated rings. The van der Waals surface area contributed by atoms with Crippen LogP contribution in [0.25, 0.3) is 43.4 Å². The van der Waals surface area contributed by atoms with Crippen molar-refractivity contribution in [3.05, 3.63) is 141 Å². The van der Waals surface area contributed by atoms with Crippen molar-refractivity contribution in [2.75, 3.05) is 12.3 Å². The van der Waals surface area contributed by atoms with Gasteiger partial charge in [0.1, 0.15) is 93.8 Å². The molecule has 2 aromatic carbocycles. The van der Waals surface area contributed by atoms with Gasteiger partial charge in [0, 0.05) is 56.2 Å². The fourth-order valence-electron chi connectivity index (χ4n) is 9.41. The van der Waals surface area contributed by atoms with E-state index in [1.54, 1.807) is 73.1 Å². The number of rotatable bonds is 8. The largest absolute Gasteiger partial charge is 0.506 e. The minimum Gasteiger partial charge on any atom is -0.506 e. The number of nitrogen functional groups attached to an aromatic ring is 1. The van der Waals surface area contributed by atoms with E-state index in [2.05, 4.69) is 30.9 Å². The van der Waals surface area contributed by atoms with Crippen LogP contribution in [0.5, 0.6) is 5.75 Å². The average Bonchev–Trinajstić information content (AvgIpc) is 4.50. The van der Waals surface area contributed by atoms with Gasteiger partial charge in [0.15, 0.2) is 0 Å². The number of aliphatic hydroxyl groups excluding tert-OH is 2. The maximum Gasteiger partial charge on any atom is 0.271 e. The van der Waals surface area contributed by atoms with Gasteiger partial charge in [-0.15, -0.1) is 68.0 Å². The van der Waals surface area contributed by atoms with Crippen LogP contribution in [-0.2, 0) is 16.0 Å². The number of phenolic OH excluding ortho intramolecular Hbond substituents is 1. The van der Waals surface area contributed by atoms with E-state index in [1.807, 2.05) is 0 Å². The molecule has 12 N–H and O–H groups in total. The quantitative estimate of drug-likeness (QED) is 0.0625. The molecule has 9 heterocycles. The molecule has 0 spiro atoms. The number of fused-ring (bicyclic) bond motifs is 16. The predicted molar refractivity (Wildman–Crippen MR) is 309 cm³/mol. The zero-order chi connectivity index (χ0) is 57.7. The molecule has 29 heteroatoms. The van der Waals surface area contributed by atoms with Crippen LogP contribution in [0.15, 0.2) is 87.6 Å². The van der Waals surface area contributed by atoms with Crippen LogP contribution in [0.1, 0.15) is 111 Å². The molecule has 418 valence electrons. The van der Waals surface area contributed by atoms with Gasteiger partial charge in [-0.25, -0.2) is 34.9 Å². The highest BCUT2D eigenvalue weighted by Gasteiger charge is 2.45. The maximum absolute atomic E-state index is 15.2. The van der Waals surface area contributed by atoms with Crippen LogP contribution in [0, 0.1) is 12.8 Å². The molecule has 0 unspecified atom stereocenters. The molecule has 23 nitrogen and oxygen atoms in total. The standard InChI is InChI=1S/C53H46N14O9S6/c1-21-36(69)15-67-41(21)52-64-34(20-81-52)49-60-30(16-78-49)39-25(9-10-27(57-39)48-61-31(17-79-48)43(56)72)47-62-32(18-77-47)44(73)58-28(14-37(55)70)50-66-38(22(2)82-50)46(75)65-40(42(71)24-6-4-3-5-7-24)51-63-33(19-80-51)45(74)59-29(53(67)76)13-23-8-11-35(68)26(54)12-23/h3-12,16-21,28-29,36,40-42,68-69,71H,13-15,54H2,1-2H3,(H2,55,70)(H2,56,72)(H,58,73)(H,59,74)(H,65,75)/t21-,28-,29-,36-,40-,41-,42+/m0/s1. The van der Waals surface area contributed by atoms with Crippen LogP contribution in [-0.4, -0.2) is 109 Å². The Kier molecular flexibility index (Phi) is 15.5. The topological polar surface area (TPSA) is 371 Å². The van der Waals surface area contributed by atoms with E-state index in [9.17, 15) is 39.3 Å². The lowest BCUT2D eigenvalue weighted by molar-refractivity contribution is -0.134. The average molecular weight is 1220 g/mol. The van der Waals surface area contributed by atoms with Crippen molar-refractivity contribution in [1.82, 2.24) is 55.7 Å². The lowest BCUT2D eigenvalue weighted by Gasteiger charge is -2.29. The second-order valence-corrected chi connectivity index (χ2v) is 24.7. The van der Waals surface area contributed by atoms with Gasteiger partial charge in [-0.2, -0.15) is 0 Å². The van der Waals surface area contributed by atoms with Crippen LogP contribution in [0.3, 0.4) is 0 Å². The van der Waals surface area contributed by atoms with Crippen molar-refractivity contribution >= 4 is 109 Å². The van der Waals surface area contributed by atoms with Gasteiger partial charge in [-0.3, -0.25) is 28.8 Å². The molecule has 7 aromatic heterocycles. The molecule has 7 atom stereocenters. The number of aliphatic hydroxyl groups is 2. The number of thiazole rings is 6. The summed E-state index contributed by atoms with van der Waals surface area (Å²) >= 11 is 6.84. The summed E-state index contributed by atoms with van der Waals surface area (Å²) in [6.07, 6.45) is -2.92. The summed E-state index contributed by atoms with van der Waals surface area (Å²) in [4.78, 5) is 118. The third-order valence-electron chi connectivity index (χ3n) is 13.6. The smallest absolute Gasteiger partial charge is 0.271 e. The molecular formula is C53H46N14O9S6. The number of aromatic nitrogens is 7. The Balaban J connectivity index is 1.02. The highest BCUT2D eigenvalue weighted by Crippen LogP contribution is 2.43. The highest BCUT2D eigenvalue weighted by molar-refractivity contribution is 7.15. The monoisotopic (exact) mass is 1210 g/mol. The van der Waals surface area contributed by atoms with E-state index >= 15 is 4.79 Å². The molecule has 0 aliphatic carbocycles. The van der Waals surface area contributed by atoms with Gasteiger partial charge < -0.3 is 53.4 Å². The van der Waals surface area contributed by atoms with E-state index in [-0.39, 0.29) is 57.2 Å². The van der Waals surface area contributed by atoms with Crippen LogP contribution in [0.4, 0.5) is 5.69 Å². The minimum absolute atomic E-state index is 0.0240. The number of carbonyl (C=O) groups is 6. The van der Waals surface area contributed by atoms with Gasteiger partial charge in [0.25, 0.3) is 23.6 Å². The van der Waals surface area contributed by atoms with Crippen molar-refractivity contribution in [1.29, 1.82) is 0 Å². The zero-order valence-electron chi connectivity index (χ0n) is 42.9. The molecule has 0 saturated carbocycles. The number of primary amides is 2. The summed E-state index contributed by atoms with van der Waals surface area (Å²) in [6.45, 7) is 3.32. The van der Waals surface area contributed by atoms with Crippen molar-refractivity contribution in [3.63, 3.8) is 0 Å². The number of hydrogen-bond donors (Lipinski definition) is 9. The molecule has 2 aliphatic rings. The number of phenols is 1. The normalized spacial score (nSPS) is 19.9. The Morgan fingerprint density at radius 1 is 0.695 bits per heavy atom. The van der Waals surface area contributed by atoms with Gasteiger partial charge in [-0.05, 0) is 42.3 Å². The molecule has 11 rings (SSSR count). The zero-order valence-corrected chi connectivity index (χ0v) is 47.8. The Hall–Kier alpha value is -8.29. The molecule has 1 saturated heterocycles. The Bertz CT molecular complexity index is 3970. The number of nitrogens with one attached hydrogen (secondary N) is 3. The first kappa shape index (κ1) is 55.6. The number of carbonyl (C=O) groups excluding carboxylic acids is 6. The first-order chi connectivity index (χ1) is 39.4. The van der Waals surface area contributed by atoms with Gasteiger partial charge >= 0.3 is 0 Å². The Morgan fingerprint density at radius 2 is 1.35 bits per heavy atom. The number of pyridine rings is 1. The van der Waals surface area contributed by atoms with Crippen LogP contribution in [0.2, 0.25) is 0 Å². The predicted octanol–water partition coefficient (Wildman–Crippen LogP) is 5.97. The summed E-state index contributed by atoms with van der Waals surface area (Å²) in [7, 11) is 0. The van der Waals surface area contributed by atoms with E-state index < -0.39 is 84.2 Å². The number of aromatic hydroxyl groups is 1. The second kappa shape index (κ2) is 22.9. The van der Waals surface area contributed by atoms with Crippen molar-refractivity contribution < 1.29 is 44.1 Å². The number of hydrogen-bond acceptors (Lipinski definition) is 23. The van der Waals surface area contributed by atoms with Gasteiger partial charge in [-0.1, -0.05) is 43.3 Å². The lowest BCUT2D eigenvalue weighted by Crippen LogP contribution is -2.50. The third kappa shape index (κ3) is 11.2. The summed E-state index contributed by atoms with van der Waals surface area (Å²) in [5, 5.41) is 52.3. The molecule has 10 bridgehead atoms. The van der Waals surface area contributed by atoms with Crippen LogP contribution >= 0.6 is 68.0 Å².